The van der Waals surface area contributed by atoms with Gasteiger partial charge in [0.05, 0.1) is 0 Å². The van der Waals surface area contributed by atoms with Crippen LogP contribution in [0.1, 0.15) is 5.89 Å². The van der Waals surface area contributed by atoms with Gasteiger partial charge >= 0.3 is 5.97 Å². The standard InChI is InChI=1S/C10H8BrN3O4/c11-7-1-6(2-12-3-7)10-13-8(18-14-10)4-17-5-9(15)16/h1-3H,4-5H2,(H,15,16). The number of nitrogens with zero attached hydrogens (tertiary/aromatic N) is 3. The first-order valence-corrected chi connectivity index (χ1v) is 5.67. The van der Waals surface area contributed by atoms with Crippen LogP contribution in [0.3, 0.4) is 0 Å². The quantitative estimate of drug-likeness (QED) is 0.892. The third-order valence-electron chi connectivity index (χ3n) is 1.88. The fraction of sp³-hybridized carbons (Fsp3) is 0.200. The molecule has 0 radical (unpaired) electrons. The molecular weight excluding hydrogens is 306 g/mol. The molecule has 0 saturated heterocycles. The number of pyridine rings is 1. The Balaban J connectivity index is 2.04. The fourth-order valence-electron chi connectivity index (χ4n) is 1.19. The van der Waals surface area contributed by atoms with Gasteiger partial charge in [-0.3, -0.25) is 4.98 Å². The van der Waals surface area contributed by atoms with E-state index in [9.17, 15) is 4.79 Å². The maximum absolute atomic E-state index is 10.2. The Hall–Kier alpha value is -1.80. The van der Waals surface area contributed by atoms with Crippen molar-refractivity contribution >= 4 is 21.9 Å². The highest BCUT2D eigenvalue weighted by Gasteiger charge is 2.10. The van der Waals surface area contributed by atoms with Gasteiger partial charge in [-0.25, -0.2) is 4.79 Å². The predicted molar refractivity (Wildman–Crippen MR) is 62.5 cm³/mol. The van der Waals surface area contributed by atoms with Crippen molar-refractivity contribution in [1.29, 1.82) is 0 Å². The molecule has 94 valence electrons. The monoisotopic (exact) mass is 313 g/mol. The van der Waals surface area contributed by atoms with E-state index < -0.39 is 12.6 Å². The van der Waals surface area contributed by atoms with Crippen molar-refractivity contribution in [2.45, 2.75) is 6.61 Å². The molecule has 0 aliphatic rings. The molecule has 2 aromatic heterocycles. The first-order valence-electron chi connectivity index (χ1n) is 4.88. The van der Waals surface area contributed by atoms with Gasteiger partial charge in [0, 0.05) is 22.4 Å². The Bertz CT molecular complexity index is 558. The number of carbonyl (C=O) groups is 1. The number of carboxylic acid groups (broad SMARTS) is 1. The zero-order valence-electron chi connectivity index (χ0n) is 9.04. The second-order valence-corrected chi connectivity index (χ2v) is 4.21. The molecule has 0 unspecified atom stereocenters. The van der Waals surface area contributed by atoms with Crippen LogP contribution in [0.15, 0.2) is 27.5 Å². The number of carboxylic acids is 1. The number of halogens is 1. The summed E-state index contributed by atoms with van der Waals surface area (Å²) in [6.45, 7) is -0.448. The van der Waals surface area contributed by atoms with Crippen LogP contribution in [0, 0.1) is 0 Å². The summed E-state index contributed by atoms with van der Waals surface area (Å²) in [7, 11) is 0. The molecule has 0 saturated carbocycles. The van der Waals surface area contributed by atoms with E-state index in [1.54, 1.807) is 18.5 Å². The molecular formula is C10H8BrN3O4. The van der Waals surface area contributed by atoms with Crippen molar-refractivity contribution in [2.24, 2.45) is 0 Å². The largest absolute Gasteiger partial charge is 0.480 e. The average molecular weight is 314 g/mol. The topological polar surface area (TPSA) is 98.3 Å². The molecule has 2 rings (SSSR count). The Morgan fingerprint density at radius 3 is 3.06 bits per heavy atom. The lowest BCUT2D eigenvalue weighted by Crippen LogP contribution is -2.06. The van der Waals surface area contributed by atoms with Gasteiger partial charge in [0.25, 0.3) is 5.89 Å². The van der Waals surface area contributed by atoms with Crippen LogP contribution in [-0.2, 0) is 16.1 Å². The van der Waals surface area contributed by atoms with Crippen molar-refractivity contribution in [1.82, 2.24) is 15.1 Å². The SMILES string of the molecule is O=C(O)COCc1nc(-c2cncc(Br)c2)no1. The van der Waals surface area contributed by atoms with Gasteiger partial charge in [-0.1, -0.05) is 5.16 Å². The van der Waals surface area contributed by atoms with Crippen LogP contribution in [0.4, 0.5) is 0 Å². The van der Waals surface area contributed by atoms with Crippen LogP contribution in [0.2, 0.25) is 0 Å². The van der Waals surface area contributed by atoms with E-state index in [4.69, 9.17) is 14.4 Å². The Morgan fingerprint density at radius 1 is 1.50 bits per heavy atom. The molecule has 0 aliphatic carbocycles. The van der Waals surface area contributed by atoms with Crippen LogP contribution in [-0.4, -0.2) is 32.8 Å². The lowest BCUT2D eigenvalue weighted by Gasteiger charge is -1.94. The molecule has 0 bridgehead atoms. The molecule has 7 nitrogen and oxygen atoms in total. The highest BCUT2D eigenvalue weighted by atomic mass is 79.9. The van der Waals surface area contributed by atoms with E-state index >= 15 is 0 Å². The minimum atomic E-state index is -1.05. The van der Waals surface area contributed by atoms with E-state index in [-0.39, 0.29) is 12.5 Å². The van der Waals surface area contributed by atoms with E-state index in [2.05, 4.69) is 31.1 Å². The fourth-order valence-corrected chi connectivity index (χ4v) is 1.56. The first kappa shape index (κ1) is 12.7. The summed E-state index contributed by atoms with van der Waals surface area (Å²) >= 11 is 3.29. The number of rotatable bonds is 5. The molecule has 0 atom stereocenters. The van der Waals surface area contributed by atoms with Crippen LogP contribution in [0.5, 0.6) is 0 Å². The van der Waals surface area contributed by atoms with Crippen molar-refractivity contribution in [3.05, 3.63) is 28.8 Å². The predicted octanol–water partition coefficient (Wildman–Crippen LogP) is 1.50. The molecule has 0 aromatic carbocycles. The summed E-state index contributed by atoms with van der Waals surface area (Å²) in [6.07, 6.45) is 3.23. The lowest BCUT2D eigenvalue weighted by atomic mass is 10.3. The van der Waals surface area contributed by atoms with E-state index in [1.807, 2.05) is 0 Å². The molecule has 18 heavy (non-hydrogen) atoms. The third kappa shape index (κ3) is 3.34. The van der Waals surface area contributed by atoms with Gasteiger partial charge in [0.2, 0.25) is 5.82 Å². The molecule has 2 heterocycles. The summed E-state index contributed by atoms with van der Waals surface area (Å²) < 4.78 is 10.6. The van der Waals surface area contributed by atoms with Gasteiger partial charge in [-0.05, 0) is 22.0 Å². The van der Waals surface area contributed by atoms with Crippen LogP contribution in [0.25, 0.3) is 11.4 Å². The maximum Gasteiger partial charge on any atom is 0.329 e. The smallest absolute Gasteiger partial charge is 0.329 e. The van der Waals surface area contributed by atoms with Gasteiger partial charge in [-0.15, -0.1) is 0 Å². The van der Waals surface area contributed by atoms with Gasteiger partial charge in [-0.2, -0.15) is 4.98 Å². The normalized spacial score (nSPS) is 10.5. The summed E-state index contributed by atoms with van der Waals surface area (Å²) in [4.78, 5) is 18.3. The zero-order valence-corrected chi connectivity index (χ0v) is 10.6. The van der Waals surface area contributed by atoms with Crippen LogP contribution < -0.4 is 0 Å². The molecule has 0 spiro atoms. The maximum atomic E-state index is 10.2. The van der Waals surface area contributed by atoms with Gasteiger partial charge in [0.15, 0.2) is 0 Å². The highest BCUT2D eigenvalue weighted by molar-refractivity contribution is 9.10. The number of hydrogen-bond donors (Lipinski definition) is 1. The Labute approximate surface area is 110 Å². The van der Waals surface area contributed by atoms with E-state index in [1.165, 1.54) is 0 Å². The molecule has 0 aliphatic heterocycles. The number of hydrogen-bond acceptors (Lipinski definition) is 6. The zero-order chi connectivity index (χ0) is 13.0. The highest BCUT2D eigenvalue weighted by Crippen LogP contribution is 2.18. The van der Waals surface area contributed by atoms with Crippen molar-refractivity contribution in [3.8, 4) is 11.4 Å². The van der Waals surface area contributed by atoms with Crippen molar-refractivity contribution in [2.75, 3.05) is 6.61 Å². The molecule has 8 heteroatoms. The second-order valence-electron chi connectivity index (χ2n) is 3.29. The second kappa shape index (κ2) is 5.69. The molecule has 1 N–H and O–H groups in total. The van der Waals surface area contributed by atoms with E-state index in [0.717, 1.165) is 4.47 Å². The van der Waals surface area contributed by atoms with Gasteiger partial charge in [0.1, 0.15) is 13.2 Å². The van der Waals surface area contributed by atoms with E-state index in [0.29, 0.717) is 11.4 Å². The van der Waals surface area contributed by atoms with Crippen LogP contribution >= 0.6 is 15.9 Å². The Morgan fingerprint density at radius 2 is 2.33 bits per heavy atom. The minimum absolute atomic E-state index is 0.0409. The third-order valence-corrected chi connectivity index (χ3v) is 2.32. The summed E-state index contributed by atoms with van der Waals surface area (Å²) in [5.74, 6) is -0.463. The minimum Gasteiger partial charge on any atom is -0.480 e. The van der Waals surface area contributed by atoms with Gasteiger partial charge < -0.3 is 14.4 Å². The number of aliphatic carboxylic acids is 1. The molecule has 2 aromatic rings. The summed E-state index contributed by atoms with van der Waals surface area (Å²) in [5, 5.41) is 12.2. The lowest BCUT2D eigenvalue weighted by molar-refractivity contribution is -0.142. The average Bonchev–Trinajstić information content (AvgIpc) is 2.77. The summed E-state index contributed by atoms with van der Waals surface area (Å²) in [5.41, 5.74) is 0.692. The Kier molecular flexibility index (Phi) is 4.00. The number of aromatic nitrogens is 3. The van der Waals surface area contributed by atoms with Crippen molar-refractivity contribution in [3.63, 3.8) is 0 Å². The molecule has 0 fully saturated rings. The first-order chi connectivity index (χ1) is 8.65. The van der Waals surface area contributed by atoms with Crippen molar-refractivity contribution < 1.29 is 19.2 Å². The summed E-state index contributed by atoms with van der Waals surface area (Å²) in [6, 6.07) is 1.79. The molecule has 0 amide bonds. The number of ether oxygens (including phenoxy) is 1.